The summed E-state index contributed by atoms with van der Waals surface area (Å²) in [6, 6.07) is 8.56. The monoisotopic (exact) mass is 598 g/mol. The predicted molar refractivity (Wildman–Crippen MR) is 141 cm³/mol. The second kappa shape index (κ2) is 8.46. The van der Waals surface area contributed by atoms with Crippen molar-refractivity contribution in [1.29, 1.82) is 0 Å². The molecule has 0 spiro atoms. The number of aromatic nitrogens is 4. The van der Waals surface area contributed by atoms with E-state index >= 15 is 0 Å². The summed E-state index contributed by atoms with van der Waals surface area (Å²) < 4.78 is 1.17. The van der Waals surface area contributed by atoms with E-state index in [1.54, 1.807) is 0 Å². The number of hydrogen-bond acceptors (Lipinski definition) is 2. The average molecular weight is 600 g/mol. The minimum Gasteiger partial charge on any atom is -0.664 e. The zero-order chi connectivity index (χ0) is 22.9. The largest absolute Gasteiger partial charge is 2.00 e. The molecule has 33 heavy (non-hydrogen) atoms. The summed E-state index contributed by atoms with van der Waals surface area (Å²) in [5.74, 6) is 0. The maximum absolute atomic E-state index is 5.03. The Kier molecular flexibility index (Phi) is 6.24. The topological polar surface area (TPSA) is 54.0 Å². The molecule has 164 valence electrons. The fraction of sp³-hybridized carbons (Fsp3) is 0.333. The third kappa shape index (κ3) is 4.03. The van der Waals surface area contributed by atoms with Crippen LogP contribution in [-0.2, 0) is 31.3 Å². The normalized spacial score (nSPS) is 16.1. The van der Waals surface area contributed by atoms with E-state index in [4.69, 9.17) is 19.9 Å². The smallest absolute Gasteiger partial charge is 0.664 e. The summed E-state index contributed by atoms with van der Waals surface area (Å²) in [4.78, 5) is 20.0. The van der Waals surface area contributed by atoms with Gasteiger partial charge in [-0.1, -0.05) is 43.2 Å². The van der Waals surface area contributed by atoms with Gasteiger partial charge in [0.15, 0.2) is 0 Å². The molecule has 0 amide bonds. The number of rotatable bonds is 0. The number of allylic oxidation sites excluding steroid dienone is 3. The number of halogens is 1. The van der Waals surface area contributed by atoms with Crippen molar-refractivity contribution in [2.75, 3.05) is 0 Å². The average Bonchev–Trinajstić information content (AvgIpc) is 3.35. The summed E-state index contributed by atoms with van der Waals surface area (Å²) >= 11 is 2.40. The summed E-state index contributed by atoms with van der Waals surface area (Å²) in [6.07, 6.45) is 0.894. The van der Waals surface area contributed by atoms with Gasteiger partial charge in [-0.2, -0.15) is 11.4 Å². The molecule has 0 aromatic carbocycles. The second-order valence-corrected chi connectivity index (χ2v) is 10.8. The predicted octanol–water partition coefficient (Wildman–Crippen LogP) is 6.70. The van der Waals surface area contributed by atoms with Gasteiger partial charge in [0.1, 0.15) is 0 Å². The number of nitrogens with zero attached hydrogens (tertiary/aromatic N) is 4. The molecule has 0 radical (unpaired) electrons. The molecule has 5 rings (SSSR count). The van der Waals surface area contributed by atoms with E-state index in [0.29, 0.717) is 0 Å². The van der Waals surface area contributed by atoms with E-state index in [1.807, 2.05) is 0 Å². The summed E-state index contributed by atoms with van der Waals surface area (Å²) in [6.45, 7) is 15.2. The van der Waals surface area contributed by atoms with E-state index in [0.717, 1.165) is 51.6 Å². The summed E-state index contributed by atoms with van der Waals surface area (Å²) in [5, 5.41) is 0. The minimum absolute atomic E-state index is 0. The second-order valence-electron chi connectivity index (χ2n) is 9.71. The summed E-state index contributed by atoms with van der Waals surface area (Å²) in [7, 11) is 0. The van der Waals surface area contributed by atoms with Gasteiger partial charge in [-0.3, -0.25) is 0 Å². The van der Waals surface area contributed by atoms with Crippen molar-refractivity contribution >= 4 is 53.9 Å². The molecule has 0 fully saturated rings. The molecule has 8 bridgehead atoms. The Morgan fingerprint density at radius 3 is 1.88 bits per heavy atom. The van der Waals surface area contributed by atoms with Crippen molar-refractivity contribution in [3.8, 4) is 0 Å². The van der Waals surface area contributed by atoms with E-state index in [9.17, 15) is 0 Å². The fourth-order valence-electron chi connectivity index (χ4n) is 4.48. The Bertz CT molecular complexity index is 1430. The van der Waals surface area contributed by atoms with Gasteiger partial charge in [0.25, 0.3) is 0 Å². The van der Waals surface area contributed by atoms with Gasteiger partial charge < -0.3 is 9.97 Å². The maximum atomic E-state index is 5.03. The third-order valence-electron chi connectivity index (χ3n) is 7.03. The van der Waals surface area contributed by atoms with Crippen LogP contribution in [0.25, 0.3) is 31.3 Å². The van der Waals surface area contributed by atoms with Crippen molar-refractivity contribution in [3.05, 3.63) is 69.6 Å². The van der Waals surface area contributed by atoms with E-state index < -0.39 is 0 Å². The van der Waals surface area contributed by atoms with Crippen LogP contribution in [0.2, 0.25) is 0 Å². The Hall–Kier alpha value is -1.79. The quantitative estimate of drug-likeness (QED) is 0.250. The van der Waals surface area contributed by atoms with Crippen LogP contribution in [0.15, 0.2) is 24.3 Å². The number of aryl methyl sites for hydroxylation is 2. The van der Waals surface area contributed by atoms with Gasteiger partial charge in [0.2, 0.25) is 0 Å². The number of fused-ring (bicyclic) bond motifs is 8. The molecule has 4 nitrogen and oxygen atoms in total. The van der Waals surface area contributed by atoms with Crippen molar-refractivity contribution in [2.45, 2.75) is 60.3 Å². The van der Waals surface area contributed by atoms with Gasteiger partial charge in [-0.05, 0) is 91.8 Å². The molecular formula is C27H27IN4Zn. The molecule has 0 atom stereocenters. The Morgan fingerprint density at radius 2 is 1.24 bits per heavy atom. The van der Waals surface area contributed by atoms with Crippen LogP contribution in [0.1, 0.15) is 79.9 Å². The molecular weight excluding hydrogens is 573 g/mol. The van der Waals surface area contributed by atoms with Crippen LogP contribution < -0.4 is 9.97 Å². The molecule has 0 unspecified atom stereocenters. The Labute approximate surface area is 222 Å². The standard InChI is InChI=1S/C27H27IN4.Zn/c1-13-14(2)20-9-21-15(3)16(4)22(31-21)10-24-26(28)17(5)23(32-24)11-25-27(6,7)12-18(29-25)8-19(13)30-20;/h8-11H,12H2,1-7H3;/q-2;+2. The third-order valence-corrected chi connectivity index (χ3v) is 8.39. The first-order valence-electron chi connectivity index (χ1n) is 11.0. The van der Waals surface area contributed by atoms with Crippen LogP contribution in [0.4, 0.5) is 0 Å². The van der Waals surface area contributed by atoms with Crippen molar-refractivity contribution in [3.63, 3.8) is 0 Å². The van der Waals surface area contributed by atoms with Crippen LogP contribution in [0.5, 0.6) is 0 Å². The molecule has 0 aliphatic carbocycles. The first-order valence-corrected chi connectivity index (χ1v) is 12.1. The first kappa shape index (κ1) is 24.3. The van der Waals surface area contributed by atoms with Gasteiger partial charge in [0, 0.05) is 3.58 Å². The fourth-order valence-corrected chi connectivity index (χ4v) is 5.03. The zero-order valence-corrected chi connectivity index (χ0v) is 25.5. The maximum Gasteiger partial charge on any atom is 2.00 e. The van der Waals surface area contributed by atoms with Crippen molar-refractivity contribution in [2.24, 2.45) is 0 Å². The van der Waals surface area contributed by atoms with Crippen LogP contribution in [-0.4, -0.2) is 9.97 Å². The van der Waals surface area contributed by atoms with Gasteiger partial charge in [-0.15, -0.1) is 11.0 Å². The van der Waals surface area contributed by atoms with Crippen molar-refractivity contribution < 1.29 is 19.5 Å². The van der Waals surface area contributed by atoms with Crippen LogP contribution >= 0.6 is 22.6 Å². The zero-order valence-electron chi connectivity index (χ0n) is 20.4. The minimum atomic E-state index is -0.0412. The van der Waals surface area contributed by atoms with E-state index in [1.165, 1.54) is 31.4 Å². The van der Waals surface area contributed by atoms with Crippen molar-refractivity contribution in [1.82, 2.24) is 19.9 Å². The van der Waals surface area contributed by atoms with E-state index in [2.05, 4.69) is 95.3 Å². The molecule has 5 heterocycles. The first-order chi connectivity index (χ1) is 15.0. The molecule has 2 aromatic heterocycles. The Balaban J connectivity index is 0.00000259. The van der Waals surface area contributed by atoms with E-state index in [-0.39, 0.29) is 24.9 Å². The number of hydrogen-bond donors (Lipinski definition) is 0. The molecule has 3 aliphatic rings. The van der Waals surface area contributed by atoms with Crippen LogP contribution in [0.3, 0.4) is 0 Å². The molecule has 2 aromatic rings. The SMILES string of the molecule is CC1=C(C)c2cc3[n-]c(cc4nc(cc5[n-]c(cc1n2)CC5(C)C)C(C)=C4I)c(C)c3C.[Zn+2]. The van der Waals surface area contributed by atoms with Crippen LogP contribution in [0, 0.1) is 13.8 Å². The molecule has 6 heteroatoms. The van der Waals surface area contributed by atoms with Gasteiger partial charge >= 0.3 is 19.5 Å². The van der Waals surface area contributed by atoms with Gasteiger partial charge in [0.05, 0.1) is 22.8 Å². The Morgan fingerprint density at radius 1 is 0.727 bits per heavy atom. The molecule has 0 saturated heterocycles. The summed E-state index contributed by atoms with van der Waals surface area (Å²) in [5.41, 5.74) is 14.0. The van der Waals surface area contributed by atoms with Gasteiger partial charge in [-0.25, -0.2) is 9.97 Å². The molecule has 0 saturated carbocycles. The molecule has 3 aliphatic heterocycles. The molecule has 0 N–H and O–H groups in total.